The Hall–Kier alpha value is -2.70. The van der Waals surface area contributed by atoms with Crippen molar-refractivity contribution in [3.63, 3.8) is 0 Å². The van der Waals surface area contributed by atoms with Gasteiger partial charge in [-0.3, -0.25) is 0 Å². The first-order valence-corrected chi connectivity index (χ1v) is 9.96. The van der Waals surface area contributed by atoms with Crippen LogP contribution in [0.1, 0.15) is 0 Å². The third-order valence-electron chi connectivity index (χ3n) is 5.14. The number of rotatable bonds is 4. The molecule has 0 radical (unpaired) electrons. The van der Waals surface area contributed by atoms with Crippen molar-refractivity contribution in [2.45, 2.75) is 0 Å². The molecule has 6 nitrogen and oxygen atoms in total. The number of halogens is 2. The van der Waals surface area contributed by atoms with Gasteiger partial charge in [0.25, 0.3) is 0 Å². The fourth-order valence-corrected chi connectivity index (χ4v) is 3.89. The summed E-state index contributed by atoms with van der Waals surface area (Å²) in [6, 6.07) is 14.5. The van der Waals surface area contributed by atoms with E-state index in [0.717, 1.165) is 24.5 Å². The second kappa shape index (κ2) is 7.97. The molecule has 2 aromatic carbocycles. The Labute approximate surface area is 179 Å². The number of aromatic nitrogens is 1. The topological polar surface area (TPSA) is 61.1 Å². The predicted octanol–water partition coefficient (Wildman–Crippen LogP) is 4.53. The van der Waals surface area contributed by atoms with Gasteiger partial charge in [-0.25, -0.2) is 4.57 Å². The van der Waals surface area contributed by atoms with Crippen molar-refractivity contribution in [2.75, 3.05) is 43.1 Å². The lowest BCUT2D eigenvalue weighted by atomic mass is 10.2. The number of benzene rings is 2. The molecule has 152 valence electrons. The third kappa shape index (κ3) is 3.78. The highest BCUT2D eigenvalue weighted by atomic mass is 35.5. The summed E-state index contributed by atoms with van der Waals surface area (Å²) in [5, 5.41) is 22.0. The molecule has 2 heterocycles. The van der Waals surface area contributed by atoms with E-state index < -0.39 is 0 Å². The minimum absolute atomic E-state index is 0.0317. The van der Waals surface area contributed by atoms with Crippen LogP contribution < -0.4 is 14.5 Å². The van der Waals surface area contributed by atoms with E-state index in [1.165, 1.54) is 4.57 Å². The Bertz CT molecular complexity index is 1030. The summed E-state index contributed by atoms with van der Waals surface area (Å²) in [7, 11) is 1.66. The van der Waals surface area contributed by atoms with Crippen LogP contribution in [0.15, 0.2) is 48.5 Å². The van der Waals surface area contributed by atoms with Gasteiger partial charge in [0, 0.05) is 44.0 Å². The molecular weight excluding hydrogens is 413 g/mol. The largest absolute Gasteiger partial charge is 0.497 e. The van der Waals surface area contributed by atoms with E-state index in [-0.39, 0.29) is 11.8 Å². The molecular formula is C21H21Cl2N3O3. The second-order valence-corrected chi connectivity index (χ2v) is 7.64. The van der Waals surface area contributed by atoms with Gasteiger partial charge in [-0.2, -0.15) is 0 Å². The highest BCUT2D eigenvalue weighted by molar-refractivity contribution is 6.42. The second-order valence-electron chi connectivity index (χ2n) is 6.82. The predicted molar refractivity (Wildman–Crippen MR) is 117 cm³/mol. The van der Waals surface area contributed by atoms with E-state index in [0.29, 0.717) is 34.5 Å². The van der Waals surface area contributed by atoms with Crippen molar-refractivity contribution in [2.24, 2.45) is 0 Å². The number of hydrogen-bond donors (Lipinski definition) is 2. The van der Waals surface area contributed by atoms with E-state index >= 15 is 0 Å². The monoisotopic (exact) mass is 433 g/mol. The van der Waals surface area contributed by atoms with Crippen molar-refractivity contribution < 1.29 is 14.9 Å². The molecule has 0 amide bonds. The molecule has 0 unspecified atom stereocenters. The third-order valence-corrected chi connectivity index (χ3v) is 5.88. The summed E-state index contributed by atoms with van der Waals surface area (Å²) < 4.78 is 6.66. The molecule has 1 fully saturated rings. The highest BCUT2D eigenvalue weighted by Crippen LogP contribution is 2.39. The molecule has 0 atom stereocenters. The van der Waals surface area contributed by atoms with Gasteiger partial charge in [0.15, 0.2) is 0 Å². The molecule has 29 heavy (non-hydrogen) atoms. The average molecular weight is 434 g/mol. The minimum atomic E-state index is -0.0638. The van der Waals surface area contributed by atoms with Gasteiger partial charge in [-0.1, -0.05) is 29.3 Å². The smallest absolute Gasteiger partial charge is 0.223 e. The molecule has 1 saturated heterocycles. The fraction of sp³-hybridized carbons (Fsp3) is 0.238. The molecule has 2 N–H and O–H groups in total. The molecule has 4 rings (SSSR count). The number of ether oxygens (including phenoxy) is 1. The van der Waals surface area contributed by atoms with Gasteiger partial charge in [-0.15, -0.1) is 0 Å². The van der Waals surface area contributed by atoms with Crippen molar-refractivity contribution in [3.05, 3.63) is 58.6 Å². The van der Waals surface area contributed by atoms with Gasteiger partial charge in [-0.05, 0) is 30.3 Å². The molecule has 1 aliphatic rings. The van der Waals surface area contributed by atoms with Crippen LogP contribution in [0.4, 0.5) is 11.4 Å². The summed E-state index contributed by atoms with van der Waals surface area (Å²) in [6.07, 6.45) is 0. The number of anilines is 2. The van der Waals surface area contributed by atoms with Crippen LogP contribution in [0, 0.1) is 0 Å². The number of nitrogens with zero attached hydrogens (tertiary/aromatic N) is 3. The number of aromatic hydroxyl groups is 2. The lowest BCUT2D eigenvalue weighted by Gasteiger charge is -2.37. The Balaban J connectivity index is 1.54. The van der Waals surface area contributed by atoms with Crippen LogP contribution in [0.5, 0.6) is 17.5 Å². The van der Waals surface area contributed by atoms with Gasteiger partial charge < -0.3 is 24.7 Å². The molecule has 3 aromatic rings. The highest BCUT2D eigenvalue weighted by Gasteiger charge is 2.24. The number of piperazine rings is 1. The first-order valence-electron chi connectivity index (χ1n) is 9.21. The number of methoxy groups -OCH3 is 1. The Morgan fingerprint density at radius 2 is 1.55 bits per heavy atom. The van der Waals surface area contributed by atoms with E-state index in [2.05, 4.69) is 15.9 Å². The molecule has 1 aliphatic heterocycles. The summed E-state index contributed by atoms with van der Waals surface area (Å²) in [5.41, 5.74) is 2.22. The zero-order valence-electron chi connectivity index (χ0n) is 15.8. The zero-order chi connectivity index (χ0) is 20.5. The van der Waals surface area contributed by atoms with Crippen LogP contribution >= 0.6 is 23.2 Å². The Morgan fingerprint density at radius 1 is 0.828 bits per heavy atom. The van der Waals surface area contributed by atoms with Gasteiger partial charge in [0.05, 0.1) is 22.8 Å². The summed E-state index contributed by atoms with van der Waals surface area (Å²) >= 11 is 12.1. The van der Waals surface area contributed by atoms with Crippen LogP contribution in [0.2, 0.25) is 10.0 Å². The Morgan fingerprint density at radius 3 is 2.24 bits per heavy atom. The van der Waals surface area contributed by atoms with Crippen molar-refractivity contribution in [1.29, 1.82) is 0 Å². The minimum Gasteiger partial charge on any atom is -0.497 e. The van der Waals surface area contributed by atoms with Gasteiger partial charge in [0.1, 0.15) is 11.4 Å². The SMILES string of the molecule is COc1cccc(N2CCN(c3cc(O)n(-c4ccc(Cl)c(Cl)c4)c3O)CC2)c1. The van der Waals surface area contributed by atoms with Crippen molar-refractivity contribution in [3.8, 4) is 23.2 Å². The lowest BCUT2D eigenvalue weighted by molar-refractivity contribution is 0.402. The van der Waals surface area contributed by atoms with E-state index in [4.69, 9.17) is 27.9 Å². The maximum atomic E-state index is 10.8. The summed E-state index contributed by atoms with van der Waals surface area (Å²) in [5.74, 6) is 0.730. The molecule has 0 aliphatic carbocycles. The maximum absolute atomic E-state index is 10.8. The first-order chi connectivity index (χ1) is 14.0. The first kappa shape index (κ1) is 19.6. The van der Waals surface area contributed by atoms with Crippen LogP contribution in [0.25, 0.3) is 5.69 Å². The van der Waals surface area contributed by atoms with Gasteiger partial charge in [0.2, 0.25) is 11.8 Å². The quantitative estimate of drug-likeness (QED) is 0.632. The van der Waals surface area contributed by atoms with E-state index in [1.54, 1.807) is 31.4 Å². The van der Waals surface area contributed by atoms with Gasteiger partial charge >= 0.3 is 0 Å². The molecule has 0 saturated carbocycles. The standard InChI is InChI=1S/C21H21Cl2N3O3/c1-29-16-4-2-3-14(11-16)24-7-9-25(10-8-24)19-13-20(27)26(21(19)28)15-5-6-17(22)18(23)12-15/h2-6,11-13,27-28H,7-10H2,1H3. The molecule has 0 spiro atoms. The van der Waals surface area contributed by atoms with Crippen molar-refractivity contribution >= 4 is 34.6 Å². The fourth-order valence-electron chi connectivity index (χ4n) is 3.60. The van der Waals surface area contributed by atoms with Crippen molar-refractivity contribution in [1.82, 2.24) is 4.57 Å². The van der Waals surface area contributed by atoms with E-state index in [9.17, 15) is 10.2 Å². The molecule has 0 bridgehead atoms. The normalized spacial score (nSPS) is 14.3. The molecule has 1 aromatic heterocycles. The zero-order valence-corrected chi connectivity index (χ0v) is 17.4. The maximum Gasteiger partial charge on any atom is 0.223 e. The summed E-state index contributed by atoms with van der Waals surface area (Å²) in [4.78, 5) is 4.33. The van der Waals surface area contributed by atoms with E-state index in [1.807, 2.05) is 18.2 Å². The average Bonchev–Trinajstić information content (AvgIpc) is 3.04. The number of hydrogen-bond acceptors (Lipinski definition) is 5. The molecule has 8 heteroatoms. The van der Waals surface area contributed by atoms with Crippen LogP contribution in [-0.4, -0.2) is 48.1 Å². The van der Waals surface area contributed by atoms with Crippen LogP contribution in [-0.2, 0) is 0 Å². The Kier molecular flexibility index (Phi) is 5.39. The lowest BCUT2D eigenvalue weighted by Crippen LogP contribution is -2.46. The summed E-state index contributed by atoms with van der Waals surface area (Å²) in [6.45, 7) is 2.97. The van der Waals surface area contributed by atoms with Crippen LogP contribution in [0.3, 0.4) is 0 Å².